The number of rotatable bonds is 4. The Balaban J connectivity index is 2.00. The van der Waals surface area contributed by atoms with E-state index in [9.17, 15) is 4.79 Å². The van der Waals surface area contributed by atoms with Crippen molar-refractivity contribution in [3.63, 3.8) is 0 Å². The lowest BCUT2D eigenvalue weighted by Crippen LogP contribution is -2.35. The summed E-state index contributed by atoms with van der Waals surface area (Å²) in [4.78, 5) is 14.2. The van der Waals surface area contributed by atoms with E-state index >= 15 is 0 Å². The van der Waals surface area contributed by atoms with Gasteiger partial charge < -0.3 is 10.2 Å². The molecule has 0 spiro atoms. The quantitative estimate of drug-likeness (QED) is 0.919. The van der Waals surface area contributed by atoms with Gasteiger partial charge in [0.1, 0.15) is 0 Å². The molecular formula is C15H21ClN2O. The van der Waals surface area contributed by atoms with E-state index < -0.39 is 0 Å². The van der Waals surface area contributed by atoms with Gasteiger partial charge in [-0.25, -0.2) is 0 Å². The van der Waals surface area contributed by atoms with Gasteiger partial charge in [-0.1, -0.05) is 11.6 Å². The van der Waals surface area contributed by atoms with Crippen molar-refractivity contribution in [1.82, 2.24) is 5.32 Å². The molecule has 2 rings (SSSR count). The van der Waals surface area contributed by atoms with Crippen LogP contribution in [0.3, 0.4) is 0 Å². The van der Waals surface area contributed by atoms with E-state index in [4.69, 9.17) is 11.6 Å². The van der Waals surface area contributed by atoms with Crippen molar-refractivity contribution in [2.75, 3.05) is 24.5 Å². The summed E-state index contributed by atoms with van der Waals surface area (Å²) in [6.45, 7) is 4.77. The molecule has 1 aromatic rings. The summed E-state index contributed by atoms with van der Waals surface area (Å²) in [6, 6.07) is 7.48. The number of carbonyl (C=O) groups excluding carboxylic acids is 1. The summed E-state index contributed by atoms with van der Waals surface area (Å²) < 4.78 is 0. The van der Waals surface area contributed by atoms with Gasteiger partial charge in [0.15, 0.2) is 0 Å². The Bertz CT molecular complexity index is 413. The Hall–Kier alpha value is -1.06. The topological polar surface area (TPSA) is 32.3 Å². The molecule has 0 bridgehead atoms. The molecule has 0 aromatic heterocycles. The SMILES string of the molecule is CCN(C(=O)CC1CCNCC1)c1ccc(Cl)cc1. The molecule has 0 radical (unpaired) electrons. The summed E-state index contributed by atoms with van der Waals surface area (Å²) in [5, 5.41) is 4.03. The Morgan fingerprint density at radius 2 is 1.95 bits per heavy atom. The van der Waals surface area contributed by atoms with Crippen LogP contribution < -0.4 is 10.2 Å². The van der Waals surface area contributed by atoms with E-state index in [1.165, 1.54) is 0 Å². The molecule has 1 saturated heterocycles. The molecule has 4 heteroatoms. The van der Waals surface area contributed by atoms with Gasteiger partial charge in [0.25, 0.3) is 0 Å². The number of piperidine rings is 1. The van der Waals surface area contributed by atoms with Gasteiger partial charge in [0, 0.05) is 23.7 Å². The van der Waals surface area contributed by atoms with E-state index in [1.807, 2.05) is 36.1 Å². The fraction of sp³-hybridized carbons (Fsp3) is 0.533. The fourth-order valence-corrected chi connectivity index (χ4v) is 2.69. The molecule has 3 nitrogen and oxygen atoms in total. The first-order chi connectivity index (χ1) is 9.20. The Labute approximate surface area is 119 Å². The molecule has 19 heavy (non-hydrogen) atoms. The van der Waals surface area contributed by atoms with E-state index in [0.717, 1.165) is 31.6 Å². The lowest BCUT2D eigenvalue weighted by molar-refractivity contribution is -0.119. The van der Waals surface area contributed by atoms with Crippen LogP contribution >= 0.6 is 11.6 Å². The standard InChI is InChI=1S/C15H21ClN2O/c1-2-18(14-5-3-13(16)4-6-14)15(19)11-12-7-9-17-10-8-12/h3-6,12,17H,2,7-11H2,1H3. The Kier molecular flexibility index (Phi) is 5.23. The van der Waals surface area contributed by atoms with Gasteiger partial charge in [-0.3, -0.25) is 4.79 Å². The Morgan fingerprint density at radius 1 is 1.32 bits per heavy atom. The smallest absolute Gasteiger partial charge is 0.227 e. The Morgan fingerprint density at radius 3 is 2.53 bits per heavy atom. The van der Waals surface area contributed by atoms with E-state index in [2.05, 4.69) is 5.32 Å². The third-order valence-corrected chi connectivity index (χ3v) is 3.93. The molecule has 0 atom stereocenters. The van der Waals surface area contributed by atoms with Crippen molar-refractivity contribution in [3.8, 4) is 0 Å². The number of amides is 1. The zero-order chi connectivity index (χ0) is 13.7. The number of nitrogens with zero attached hydrogens (tertiary/aromatic N) is 1. The molecule has 1 N–H and O–H groups in total. The van der Waals surface area contributed by atoms with Crippen LogP contribution in [0.15, 0.2) is 24.3 Å². The number of nitrogens with one attached hydrogen (secondary N) is 1. The van der Waals surface area contributed by atoms with Gasteiger partial charge in [0.05, 0.1) is 0 Å². The maximum Gasteiger partial charge on any atom is 0.227 e. The monoisotopic (exact) mass is 280 g/mol. The summed E-state index contributed by atoms with van der Waals surface area (Å²) in [5.74, 6) is 0.742. The van der Waals surface area contributed by atoms with Crippen LogP contribution in [0.1, 0.15) is 26.2 Å². The predicted octanol–water partition coefficient (Wildman–Crippen LogP) is 3.08. The van der Waals surface area contributed by atoms with Gasteiger partial charge >= 0.3 is 0 Å². The summed E-state index contributed by atoms with van der Waals surface area (Å²) >= 11 is 5.88. The number of halogens is 1. The zero-order valence-electron chi connectivity index (χ0n) is 11.4. The molecule has 0 aliphatic carbocycles. The van der Waals surface area contributed by atoms with Gasteiger partial charge in [-0.2, -0.15) is 0 Å². The molecule has 1 amide bonds. The zero-order valence-corrected chi connectivity index (χ0v) is 12.1. The average molecular weight is 281 g/mol. The van der Waals surface area contributed by atoms with Crippen LogP contribution in [0.2, 0.25) is 5.02 Å². The second-order valence-corrected chi connectivity index (χ2v) is 5.45. The van der Waals surface area contributed by atoms with Crippen molar-refractivity contribution in [3.05, 3.63) is 29.3 Å². The molecule has 1 aliphatic rings. The van der Waals surface area contributed by atoms with Crippen molar-refractivity contribution < 1.29 is 4.79 Å². The highest BCUT2D eigenvalue weighted by molar-refractivity contribution is 6.30. The minimum atomic E-state index is 0.219. The van der Waals surface area contributed by atoms with Crippen LogP contribution in [-0.2, 0) is 4.79 Å². The van der Waals surface area contributed by atoms with Crippen LogP contribution in [0, 0.1) is 5.92 Å². The van der Waals surface area contributed by atoms with Gasteiger partial charge in [-0.15, -0.1) is 0 Å². The third-order valence-electron chi connectivity index (χ3n) is 3.68. The summed E-state index contributed by atoms with van der Waals surface area (Å²) in [6.07, 6.45) is 2.85. The number of hydrogen-bond donors (Lipinski definition) is 1. The average Bonchev–Trinajstić information content (AvgIpc) is 2.43. The van der Waals surface area contributed by atoms with E-state index in [1.54, 1.807) is 0 Å². The van der Waals surface area contributed by atoms with Gasteiger partial charge in [0.2, 0.25) is 5.91 Å². The maximum absolute atomic E-state index is 12.4. The highest BCUT2D eigenvalue weighted by Crippen LogP contribution is 2.22. The molecule has 0 saturated carbocycles. The summed E-state index contributed by atoms with van der Waals surface area (Å²) in [7, 11) is 0. The molecule has 1 aliphatic heterocycles. The summed E-state index contributed by atoms with van der Waals surface area (Å²) in [5.41, 5.74) is 0.936. The van der Waals surface area contributed by atoms with Crippen LogP contribution in [-0.4, -0.2) is 25.5 Å². The maximum atomic E-state index is 12.4. The highest BCUT2D eigenvalue weighted by atomic mass is 35.5. The fourth-order valence-electron chi connectivity index (χ4n) is 2.57. The van der Waals surface area contributed by atoms with Crippen molar-refractivity contribution in [1.29, 1.82) is 0 Å². The van der Waals surface area contributed by atoms with Crippen molar-refractivity contribution in [2.24, 2.45) is 5.92 Å². The minimum absolute atomic E-state index is 0.219. The number of hydrogen-bond acceptors (Lipinski definition) is 2. The molecule has 1 heterocycles. The molecule has 1 fully saturated rings. The van der Waals surface area contributed by atoms with Crippen molar-refractivity contribution in [2.45, 2.75) is 26.2 Å². The van der Waals surface area contributed by atoms with Crippen LogP contribution in [0.4, 0.5) is 5.69 Å². The second-order valence-electron chi connectivity index (χ2n) is 5.01. The van der Waals surface area contributed by atoms with Crippen molar-refractivity contribution >= 4 is 23.2 Å². The lowest BCUT2D eigenvalue weighted by atomic mass is 9.94. The number of carbonyl (C=O) groups is 1. The number of benzene rings is 1. The van der Waals surface area contributed by atoms with Crippen LogP contribution in [0.25, 0.3) is 0 Å². The normalized spacial score (nSPS) is 16.3. The van der Waals surface area contributed by atoms with E-state index in [0.29, 0.717) is 23.9 Å². The second kappa shape index (κ2) is 6.92. The first-order valence-corrected chi connectivity index (χ1v) is 7.35. The van der Waals surface area contributed by atoms with Gasteiger partial charge in [-0.05, 0) is 63.0 Å². The minimum Gasteiger partial charge on any atom is -0.317 e. The van der Waals surface area contributed by atoms with E-state index in [-0.39, 0.29) is 5.91 Å². The molecular weight excluding hydrogens is 260 g/mol. The molecule has 1 aromatic carbocycles. The number of anilines is 1. The first kappa shape index (κ1) is 14.4. The predicted molar refractivity (Wildman–Crippen MR) is 79.7 cm³/mol. The highest BCUT2D eigenvalue weighted by Gasteiger charge is 2.21. The third kappa shape index (κ3) is 3.95. The van der Waals surface area contributed by atoms with Crippen LogP contribution in [0.5, 0.6) is 0 Å². The lowest BCUT2D eigenvalue weighted by Gasteiger charge is -2.26. The first-order valence-electron chi connectivity index (χ1n) is 6.97. The molecule has 0 unspecified atom stereocenters. The molecule has 104 valence electrons. The largest absolute Gasteiger partial charge is 0.317 e.